The summed E-state index contributed by atoms with van der Waals surface area (Å²) in [5.41, 5.74) is 2.72. The van der Waals surface area contributed by atoms with Gasteiger partial charge in [-0.25, -0.2) is 17.9 Å². The number of primary sulfonamides is 1. The van der Waals surface area contributed by atoms with E-state index in [1.165, 1.54) is 25.2 Å². The summed E-state index contributed by atoms with van der Waals surface area (Å²) in [6.45, 7) is 2.94. The van der Waals surface area contributed by atoms with E-state index in [0.717, 1.165) is 31.4 Å². The van der Waals surface area contributed by atoms with Gasteiger partial charge in [-0.1, -0.05) is 18.2 Å². The Labute approximate surface area is 201 Å². The van der Waals surface area contributed by atoms with Gasteiger partial charge in [-0.2, -0.15) is 0 Å². The molecule has 1 aliphatic carbocycles. The van der Waals surface area contributed by atoms with E-state index in [9.17, 15) is 17.6 Å². The summed E-state index contributed by atoms with van der Waals surface area (Å²) >= 11 is 0. The number of nitrogens with two attached hydrogens (primary N) is 1. The zero-order chi connectivity index (χ0) is 24.7. The lowest BCUT2D eigenvalue weighted by Gasteiger charge is -2.17. The molecule has 7 nitrogen and oxygen atoms in total. The van der Waals surface area contributed by atoms with E-state index in [4.69, 9.17) is 9.88 Å². The molecule has 2 aromatic carbocycles. The smallest absolute Gasteiger partial charge is 0.251 e. The second-order valence-corrected chi connectivity index (χ2v) is 10.7. The summed E-state index contributed by atoms with van der Waals surface area (Å²) in [6, 6.07) is 12.6. The second-order valence-electron chi connectivity index (χ2n) is 8.98. The molecule has 9 heteroatoms. The van der Waals surface area contributed by atoms with Crippen molar-refractivity contribution in [3.63, 3.8) is 0 Å². The van der Waals surface area contributed by atoms with Crippen molar-refractivity contribution >= 4 is 15.9 Å². The van der Waals surface area contributed by atoms with Crippen molar-refractivity contribution in [2.24, 2.45) is 11.1 Å². The molecule has 2 aromatic rings. The average Bonchev–Trinajstić information content (AvgIpc) is 3.27. The van der Waals surface area contributed by atoms with Crippen LogP contribution in [0.4, 0.5) is 4.39 Å². The molecule has 3 rings (SSSR count). The zero-order valence-corrected chi connectivity index (χ0v) is 20.5. The highest BCUT2D eigenvalue weighted by molar-refractivity contribution is 7.89. The van der Waals surface area contributed by atoms with Crippen LogP contribution in [0.5, 0.6) is 5.75 Å². The van der Waals surface area contributed by atoms with Crippen LogP contribution in [0.3, 0.4) is 0 Å². The Balaban J connectivity index is 1.43. The van der Waals surface area contributed by atoms with Gasteiger partial charge in [0.2, 0.25) is 10.0 Å². The molecule has 1 unspecified atom stereocenters. The molecule has 4 N–H and O–H groups in total. The fraction of sp³-hybridized carbons (Fsp3) is 0.480. The average molecular weight is 492 g/mol. The van der Waals surface area contributed by atoms with Gasteiger partial charge in [0.15, 0.2) is 11.6 Å². The summed E-state index contributed by atoms with van der Waals surface area (Å²) in [6.07, 6.45) is 4.47. The Morgan fingerprint density at radius 3 is 2.59 bits per heavy atom. The Morgan fingerprint density at radius 1 is 1.18 bits per heavy atom. The van der Waals surface area contributed by atoms with E-state index in [0.29, 0.717) is 17.4 Å². The van der Waals surface area contributed by atoms with E-state index in [1.54, 1.807) is 24.3 Å². The van der Waals surface area contributed by atoms with Crippen molar-refractivity contribution in [1.82, 2.24) is 10.6 Å². The van der Waals surface area contributed by atoms with Crippen molar-refractivity contribution in [3.8, 4) is 5.75 Å². The summed E-state index contributed by atoms with van der Waals surface area (Å²) in [5, 5.41) is 11.1. The number of hydrogen-bond acceptors (Lipinski definition) is 5. The van der Waals surface area contributed by atoms with Crippen molar-refractivity contribution in [2.45, 2.75) is 44.6 Å². The molecule has 0 bridgehead atoms. The molecule has 0 aromatic heterocycles. The first-order chi connectivity index (χ1) is 16.2. The molecular formula is C25H34FN3O4S. The Morgan fingerprint density at radius 2 is 1.91 bits per heavy atom. The fourth-order valence-corrected chi connectivity index (χ4v) is 4.91. The number of halogens is 1. The number of carbonyl (C=O) groups is 1. The van der Waals surface area contributed by atoms with Crippen LogP contribution in [0.2, 0.25) is 0 Å². The van der Waals surface area contributed by atoms with Crippen LogP contribution in [0.25, 0.3) is 0 Å². The van der Waals surface area contributed by atoms with Crippen molar-refractivity contribution in [1.29, 1.82) is 0 Å². The Hall–Kier alpha value is -2.49. The summed E-state index contributed by atoms with van der Waals surface area (Å²) < 4.78 is 40.6. The topological polar surface area (TPSA) is 111 Å². The molecule has 1 fully saturated rings. The monoisotopic (exact) mass is 491 g/mol. The predicted molar refractivity (Wildman–Crippen MR) is 131 cm³/mol. The molecule has 0 aliphatic heterocycles. The first-order valence-corrected chi connectivity index (χ1v) is 13.3. The minimum absolute atomic E-state index is 0.00885. The van der Waals surface area contributed by atoms with Gasteiger partial charge >= 0.3 is 0 Å². The first-order valence-electron chi connectivity index (χ1n) is 11.6. The summed E-state index contributed by atoms with van der Waals surface area (Å²) in [5.74, 6) is 0.421. The maximum atomic E-state index is 13.6. The number of hydrogen-bond donors (Lipinski definition) is 3. The standard InChI is InChI=1S/C25H34FN3O4S/c1-17(21-9-10-23(26)24(16-21)33-2)28-12-11-18-3-4-22(15-18)19-5-7-20(8-6-19)25(30)29-13-14-34(27,31)32/h5-10,16-18,22,28H,3-4,11-15H2,1-2H3,(H,29,30)(H2,27,31,32)/t17-,18?,22+/m1/s1. The first kappa shape index (κ1) is 26.1. The van der Waals surface area contributed by atoms with Crippen LogP contribution in [-0.2, 0) is 10.0 Å². The lowest BCUT2D eigenvalue weighted by Crippen LogP contribution is -2.31. The van der Waals surface area contributed by atoms with Crippen molar-refractivity contribution in [3.05, 3.63) is 65.0 Å². The Kier molecular flexibility index (Phi) is 9.04. The summed E-state index contributed by atoms with van der Waals surface area (Å²) in [7, 11) is -2.12. The van der Waals surface area contributed by atoms with Gasteiger partial charge in [0.25, 0.3) is 5.91 Å². The second kappa shape index (κ2) is 11.8. The number of amides is 1. The molecule has 0 spiro atoms. The molecule has 0 radical (unpaired) electrons. The van der Waals surface area contributed by atoms with E-state index in [2.05, 4.69) is 17.6 Å². The molecule has 186 valence electrons. The van der Waals surface area contributed by atoms with Gasteiger partial charge in [0, 0.05) is 18.2 Å². The molecule has 1 amide bonds. The van der Waals surface area contributed by atoms with E-state index >= 15 is 0 Å². The van der Waals surface area contributed by atoms with Gasteiger partial charge in [-0.05, 0) is 86.4 Å². The highest BCUT2D eigenvalue weighted by atomic mass is 32.2. The largest absolute Gasteiger partial charge is 0.494 e. The number of nitrogens with one attached hydrogen (secondary N) is 2. The third kappa shape index (κ3) is 7.51. The fourth-order valence-electron chi connectivity index (χ4n) is 4.52. The van der Waals surface area contributed by atoms with Crippen molar-refractivity contribution < 1.29 is 22.3 Å². The van der Waals surface area contributed by atoms with E-state index in [-0.39, 0.29) is 35.8 Å². The summed E-state index contributed by atoms with van der Waals surface area (Å²) in [4.78, 5) is 12.2. The van der Waals surface area contributed by atoms with Gasteiger partial charge in [0.05, 0.1) is 12.9 Å². The number of methoxy groups -OCH3 is 1. The van der Waals surface area contributed by atoms with Crippen LogP contribution >= 0.6 is 0 Å². The molecule has 0 heterocycles. The lowest BCUT2D eigenvalue weighted by molar-refractivity contribution is 0.0956. The number of rotatable bonds is 11. The van der Waals surface area contributed by atoms with E-state index in [1.807, 2.05) is 12.1 Å². The van der Waals surface area contributed by atoms with Gasteiger partial charge in [-0.3, -0.25) is 4.79 Å². The zero-order valence-electron chi connectivity index (χ0n) is 19.7. The quantitative estimate of drug-likeness (QED) is 0.446. The van der Waals surface area contributed by atoms with Crippen LogP contribution in [0, 0.1) is 11.7 Å². The highest BCUT2D eigenvalue weighted by Gasteiger charge is 2.26. The minimum Gasteiger partial charge on any atom is -0.494 e. The Bertz CT molecular complexity index is 1080. The maximum Gasteiger partial charge on any atom is 0.251 e. The van der Waals surface area contributed by atoms with Gasteiger partial charge < -0.3 is 15.4 Å². The van der Waals surface area contributed by atoms with Crippen LogP contribution in [0.1, 0.15) is 66.1 Å². The molecule has 34 heavy (non-hydrogen) atoms. The van der Waals surface area contributed by atoms with Gasteiger partial charge in [0.1, 0.15) is 0 Å². The molecular weight excluding hydrogens is 457 g/mol. The number of carbonyl (C=O) groups excluding carboxylic acids is 1. The highest BCUT2D eigenvalue weighted by Crippen LogP contribution is 2.39. The molecule has 3 atom stereocenters. The lowest BCUT2D eigenvalue weighted by atomic mass is 9.94. The number of sulfonamides is 1. The number of ether oxygens (including phenoxy) is 1. The predicted octanol–water partition coefficient (Wildman–Crippen LogP) is 3.48. The molecule has 1 saturated carbocycles. The molecule has 1 aliphatic rings. The van der Waals surface area contributed by atoms with Crippen LogP contribution in [-0.4, -0.2) is 40.3 Å². The third-order valence-corrected chi connectivity index (χ3v) is 7.31. The SMILES string of the molecule is COc1cc([C@@H](C)NCCC2CC[C@H](c3ccc(C(=O)NCCS(N)(=O)=O)cc3)C2)ccc1F. The van der Waals surface area contributed by atoms with Crippen LogP contribution in [0.15, 0.2) is 42.5 Å². The maximum absolute atomic E-state index is 13.6. The number of benzene rings is 2. The van der Waals surface area contributed by atoms with E-state index < -0.39 is 10.0 Å². The van der Waals surface area contributed by atoms with Crippen molar-refractivity contribution in [2.75, 3.05) is 26.0 Å². The molecule has 0 saturated heterocycles. The minimum atomic E-state index is -3.59. The van der Waals surface area contributed by atoms with Gasteiger partial charge in [-0.15, -0.1) is 0 Å². The van der Waals surface area contributed by atoms with Crippen LogP contribution < -0.4 is 20.5 Å². The normalized spacial score (nSPS) is 19.1. The third-order valence-electron chi connectivity index (χ3n) is 6.54.